The van der Waals surface area contributed by atoms with Crippen molar-refractivity contribution in [2.75, 3.05) is 13.2 Å². The van der Waals surface area contributed by atoms with Crippen LogP contribution in [0.15, 0.2) is 28.7 Å². The monoisotopic (exact) mass is 243 g/mol. The van der Waals surface area contributed by atoms with Gasteiger partial charge in [0.15, 0.2) is 0 Å². The maximum atomic E-state index is 5.56. The van der Waals surface area contributed by atoms with Crippen LogP contribution in [0.4, 0.5) is 0 Å². The molecule has 1 aromatic rings. The van der Waals surface area contributed by atoms with E-state index in [0.29, 0.717) is 19.1 Å². The lowest BCUT2D eigenvalue weighted by Gasteiger charge is -2.11. The molecule has 0 saturated heterocycles. The van der Waals surface area contributed by atoms with Gasteiger partial charge < -0.3 is 10.5 Å². The second-order valence-corrected chi connectivity index (χ2v) is 3.94. The van der Waals surface area contributed by atoms with Crippen LogP contribution >= 0.6 is 15.9 Å². The topological polar surface area (TPSA) is 35.2 Å². The quantitative estimate of drug-likeness (QED) is 0.882. The van der Waals surface area contributed by atoms with Gasteiger partial charge in [-0.15, -0.1) is 0 Å². The lowest BCUT2D eigenvalue weighted by Crippen LogP contribution is -2.18. The van der Waals surface area contributed by atoms with E-state index in [9.17, 15) is 0 Å². The highest BCUT2D eigenvalue weighted by Crippen LogP contribution is 2.23. The third kappa shape index (κ3) is 3.36. The minimum absolute atomic E-state index is 0.395. The molecule has 0 aliphatic rings. The largest absolute Gasteiger partial charge is 0.492 e. The summed E-state index contributed by atoms with van der Waals surface area (Å²) in [6.45, 7) is 3.39. The fourth-order valence-corrected chi connectivity index (χ4v) is 1.26. The van der Waals surface area contributed by atoms with Crippen molar-refractivity contribution in [3.8, 4) is 5.75 Å². The highest BCUT2D eigenvalue weighted by Gasteiger charge is 2.02. The standard InChI is InChI=1S/C10H14BrNO/c1-8(6-12)7-13-10-5-3-2-4-9(10)11/h2-5,8H,6-7,12H2,1H3. The summed E-state index contributed by atoms with van der Waals surface area (Å²) in [5.41, 5.74) is 5.48. The summed E-state index contributed by atoms with van der Waals surface area (Å²) < 4.78 is 6.55. The number of halogens is 1. The molecule has 0 aromatic heterocycles. The molecular weight excluding hydrogens is 230 g/mol. The highest BCUT2D eigenvalue weighted by molar-refractivity contribution is 9.10. The summed E-state index contributed by atoms with van der Waals surface area (Å²) in [7, 11) is 0. The molecule has 0 aliphatic carbocycles. The van der Waals surface area contributed by atoms with Gasteiger partial charge in [-0.1, -0.05) is 19.1 Å². The van der Waals surface area contributed by atoms with Crippen LogP contribution in [-0.2, 0) is 0 Å². The second kappa shape index (κ2) is 5.25. The van der Waals surface area contributed by atoms with Crippen molar-refractivity contribution in [3.05, 3.63) is 28.7 Å². The van der Waals surface area contributed by atoms with E-state index in [0.717, 1.165) is 10.2 Å². The molecule has 0 saturated carbocycles. The minimum Gasteiger partial charge on any atom is -0.492 e. The third-order valence-electron chi connectivity index (χ3n) is 1.76. The van der Waals surface area contributed by atoms with Gasteiger partial charge in [-0.3, -0.25) is 0 Å². The van der Waals surface area contributed by atoms with Crippen molar-refractivity contribution >= 4 is 15.9 Å². The summed E-state index contributed by atoms with van der Waals surface area (Å²) in [5.74, 6) is 1.27. The molecule has 2 nitrogen and oxygen atoms in total. The number of hydrogen-bond acceptors (Lipinski definition) is 2. The van der Waals surface area contributed by atoms with Gasteiger partial charge in [-0.05, 0) is 34.6 Å². The van der Waals surface area contributed by atoms with Crippen molar-refractivity contribution in [2.24, 2.45) is 11.7 Å². The minimum atomic E-state index is 0.395. The van der Waals surface area contributed by atoms with Crippen LogP contribution in [0.5, 0.6) is 5.75 Å². The number of ether oxygens (including phenoxy) is 1. The Morgan fingerprint density at radius 2 is 2.15 bits per heavy atom. The van der Waals surface area contributed by atoms with E-state index in [4.69, 9.17) is 10.5 Å². The molecule has 0 amide bonds. The molecule has 1 rings (SSSR count). The van der Waals surface area contributed by atoms with E-state index in [1.165, 1.54) is 0 Å². The van der Waals surface area contributed by atoms with Crippen LogP contribution in [0.3, 0.4) is 0 Å². The zero-order chi connectivity index (χ0) is 9.68. The fraction of sp³-hybridized carbons (Fsp3) is 0.400. The molecule has 0 aliphatic heterocycles. The third-order valence-corrected chi connectivity index (χ3v) is 2.42. The normalized spacial score (nSPS) is 12.5. The first kappa shape index (κ1) is 10.5. The van der Waals surface area contributed by atoms with Crippen LogP contribution in [0, 0.1) is 5.92 Å². The van der Waals surface area contributed by atoms with Crippen LogP contribution in [0.2, 0.25) is 0 Å². The number of rotatable bonds is 4. The number of hydrogen-bond donors (Lipinski definition) is 1. The zero-order valence-electron chi connectivity index (χ0n) is 7.66. The Labute approximate surface area is 87.2 Å². The van der Waals surface area contributed by atoms with Crippen molar-refractivity contribution in [1.29, 1.82) is 0 Å². The predicted molar refractivity (Wildman–Crippen MR) is 57.9 cm³/mol. The van der Waals surface area contributed by atoms with Gasteiger partial charge in [-0.25, -0.2) is 0 Å². The maximum absolute atomic E-state index is 5.56. The van der Waals surface area contributed by atoms with E-state index in [1.54, 1.807) is 0 Å². The van der Waals surface area contributed by atoms with Gasteiger partial charge in [0.05, 0.1) is 11.1 Å². The van der Waals surface area contributed by atoms with Crippen molar-refractivity contribution in [1.82, 2.24) is 0 Å². The molecule has 2 N–H and O–H groups in total. The number of para-hydroxylation sites is 1. The van der Waals surface area contributed by atoms with Crippen molar-refractivity contribution < 1.29 is 4.74 Å². The summed E-state index contributed by atoms with van der Waals surface area (Å²) in [5, 5.41) is 0. The molecule has 72 valence electrons. The van der Waals surface area contributed by atoms with Crippen LogP contribution in [-0.4, -0.2) is 13.2 Å². The fourth-order valence-electron chi connectivity index (χ4n) is 0.862. The van der Waals surface area contributed by atoms with E-state index >= 15 is 0 Å². The van der Waals surface area contributed by atoms with E-state index < -0.39 is 0 Å². The maximum Gasteiger partial charge on any atom is 0.133 e. The van der Waals surface area contributed by atoms with E-state index in [2.05, 4.69) is 22.9 Å². The Bertz CT molecular complexity index is 265. The average Bonchev–Trinajstić information content (AvgIpc) is 2.16. The van der Waals surface area contributed by atoms with Gasteiger partial charge >= 0.3 is 0 Å². The Morgan fingerprint density at radius 1 is 1.46 bits per heavy atom. The lowest BCUT2D eigenvalue weighted by molar-refractivity contribution is 0.262. The Balaban J connectivity index is 2.50. The molecular formula is C10H14BrNO. The van der Waals surface area contributed by atoms with E-state index in [1.807, 2.05) is 24.3 Å². The van der Waals surface area contributed by atoms with Crippen LogP contribution in [0.1, 0.15) is 6.92 Å². The number of benzene rings is 1. The second-order valence-electron chi connectivity index (χ2n) is 3.08. The summed E-state index contributed by atoms with van der Waals surface area (Å²) in [6, 6.07) is 7.81. The first-order chi connectivity index (χ1) is 6.24. The first-order valence-electron chi connectivity index (χ1n) is 4.31. The average molecular weight is 244 g/mol. The van der Waals surface area contributed by atoms with Gasteiger partial charge in [-0.2, -0.15) is 0 Å². The first-order valence-corrected chi connectivity index (χ1v) is 5.10. The molecule has 3 heteroatoms. The van der Waals surface area contributed by atoms with Crippen LogP contribution < -0.4 is 10.5 Å². The van der Waals surface area contributed by atoms with Crippen molar-refractivity contribution in [3.63, 3.8) is 0 Å². The predicted octanol–water partition coefficient (Wildman–Crippen LogP) is 2.42. The van der Waals surface area contributed by atoms with Crippen LogP contribution in [0.25, 0.3) is 0 Å². The highest BCUT2D eigenvalue weighted by atomic mass is 79.9. The summed E-state index contributed by atoms with van der Waals surface area (Å²) in [6.07, 6.45) is 0. The molecule has 1 atom stereocenters. The Hall–Kier alpha value is -0.540. The molecule has 0 fully saturated rings. The molecule has 0 heterocycles. The molecule has 0 spiro atoms. The SMILES string of the molecule is CC(CN)COc1ccccc1Br. The summed E-state index contributed by atoms with van der Waals surface area (Å²) in [4.78, 5) is 0. The molecule has 1 unspecified atom stereocenters. The zero-order valence-corrected chi connectivity index (χ0v) is 9.25. The van der Waals surface area contributed by atoms with Gasteiger partial charge in [0, 0.05) is 5.92 Å². The van der Waals surface area contributed by atoms with Crippen molar-refractivity contribution in [2.45, 2.75) is 6.92 Å². The molecule has 13 heavy (non-hydrogen) atoms. The molecule has 0 bridgehead atoms. The number of nitrogens with two attached hydrogens (primary N) is 1. The Morgan fingerprint density at radius 3 is 2.77 bits per heavy atom. The van der Waals surface area contributed by atoms with Gasteiger partial charge in [0.1, 0.15) is 5.75 Å². The lowest BCUT2D eigenvalue weighted by atomic mass is 10.2. The van der Waals surface area contributed by atoms with Gasteiger partial charge in [0.25, 0.3) is 0 Å². The molecule has 0 radical (unpaired) electrons. The smallest absolute Gasteiger partial charge is 0.133 e. The van der Waals surface area contributed by atoms with E-state index in [-0.39, 0.29) is 0 Å². The Kier molecular flexibility index (Phi) is 4.25. The summed E-state index contributed by atoms with van der Waals surface area (Å²) >= 11 is 3.41. The van der Waals surface area contributed by atoms with Gasteiger partial charge in [0.2, 0.25) is 0 Å². The molecule has 1 aromatic carbocycles.